The minimum Gasteiger partial charge on any atom is -0.488 e. The first-order valence-corrected chi connectivity index (χ1v) is 9.57. The first-order chi connectivity index (χ1) is 13.5. The molecule has 1 aliphatic heterocycles. The predicted octanol–water partition coefficient (Wildman–Crippen LogP) is 2.99. The predicted molar refractivity (Wildman–Crippen MR) is 127 cm³/mol. The van der Waals surface area contributed by atoms with Gasteiger partial charge in [-0.25, -0.2) is 4.99 Å². The second-order valence-electron chi connectivity index (χ2n) is 7.16. The summed E-state index contributed by atoms with van der Waals surface area (Å²) in [6.45, 7) is 2.77. The number of amides is 1. The van der Waals surface area contributed by atoms with Crippen molar-refractivity contribution in [3.8, 4) is 5.75 Å². The number of likely N-dealkylation sites (N-methyl/N-ethyl adjacent to an activating group) is 1. The zero-order valence-electron chi connectivity index (χ0n) is 17.1. The lowest BCUT2D eigenvalue weighted by atomic mass is 10.1. The molecule has 156 valence electrons. The molecule has 2 aromatic carbocycles. The summed E-state index contributed by atoms with van der Waals surface area (Å²) in [5, 5.41) is 6.72. The van der Waals surface area contributed by atoms with Crippen LogP contribution in [0.15, 0.2) is 59.6 Å². The van der Waals surface area contributed by atoms with Crippen molar-refractivity contribution in [1.82, 2.24) is 15.5 Å². The molecule has 1 heterocycles. The molecule has 3 rings (SSSR count). The lowest BCUT2D eigenvalue weighted by Gasteiger charge is -2.20. The number of hydrogen-bond acceptors (Lipinski definition) is 3. The molecular weight excluding hydrogens is 479 g/mol. The maximum atomic E-state index is 12.0. The molecule has 0 aromatic heterocycles. The molecule has 0 fully saturated rings. The van der Waals surface area contributed by atoms with Crippen LogP contribution in [0.25, 0.3) is 0 Å². The van der Waals surface area contributed by atoms with Crippen LogP contribution in [0.5, 0.6) is 5.75 Å². The summed E-state index contributed by atoms with van der Waals surface area (Å²) in [6, 6.07) is 18.3. The van der Waals surface area contributed by atoms with Gasteiger partial charge in [-0.1, -0.05) is 48.5 Å². The van der Waals surface area contributed by atoms with E-state index < -0.39 is 0 Å². The van der Waals surface area contributed by atoms with Gasteiger partial charge >= 0.3 is 0 Å². The number of nitrogens with one attached hydrogen (secondary N) is 2. The summed E-state index contributed by atoms with van der Waals surface area (Å²) in [7, 11) is 3.46. The van der Waals surface area contributed by atoms with Gasteiger partial charge in [0, 0.05) is 20.5 Å². The molecule has 2 unspecified atom stereocenters. The number of nitrogens with zero attached hydrogens (tertiary/aromatic N) is 2. The molecule has 6 nitrogen and oxygen atoms in total. The van der Waals surface area contributed by atoms with Gasteiger partial charge in [-0.05, 0) is 24.1 Å². The van der Waals surface area contributed by atoms with Crippen molar-refractivity contribution in [2.24, 2.45) is 4.99 Å². The van der Waals surface area contributed by atoms with Crippen LogP contribution in [0.4, 0.5) is 0 Å². The largest absolute Gasteiger partial charge is 0.488 e. The van der Waals surface area contributed by atoms with Crippen molar-refractivity contribution in [2.75, 3.05) is 27.2 Å². The third-order valence-electron chi connectivity index (χ3n) is 4.74. The fourth-order valence-electron chi connectivity index (χ4n) is 3.05. The molecule has 7 heteroatoms. The highest BCUT2D eigenvalue weighted by Gasteiger charge is 2.22. The highest BCUT2D eigenvalue weighted by Crippen LogP contribution is 2.27. The van der Waals surface area contributed by atoms with Crippen LogP contribution in [-0.2, 0) is 11.2 Å². The van der Waals surface area contributed by atoms with Gasteiger partial charge in [0.25, 0.3) is 0 Å². The topological polar surface area (TPSA) is 66.0 Å². The first-order valence-electron chi connectivity index (χ1n) is 9.57. The Hall–Kier alpha value is -2.29. The van der Waals surface area contributed by atoms with Crippen LogP contribution < -0.4 is 15.4 Å². The average molecular weight is 508 g/mol. The van der Waals surface area contributed by atoms with Gasteiger partial charge in [-0.15, -0.1) is 24.0 Å². The summed E-state index contributed by atoms with van der Waals surface area (Å²) in [5.74, 6) is 1.50. The molecule has 1 amide bonds. The molecule has 1 aliphatic rings. The molecule has 0 bridgehead atoms. The molecule has 0 spiro atoms. The van der Waals surface area contributed by atoms with E-state index in [1.165, 1.54) is 5.56 Å². The molecular formula is C22H29IN4O2. The van der Waals surface area contributed by atoms with Crippen molar-refractivity contribution in [1.29, 1.82) is 0 Å². The molecule has 2 N–H and O–H groups in total. The highest BCUT2D eigenvalue weighted by atomic mass is 127. The number of guanidine groups is 1. The van der Waals surface area contributed by atoms with Gasteiger partial charge in [0.05, 0.1) is 12.6 Å². The molecule has 29 heavy (non-hydrogen) atoms. The summed E-state index contributed by atoms with van der Waals surface area (Å²) in [6.07, 6.45) is 0.905. The SMILES string of the molecule is CC(NC(=NCC(=O)N(C)C)NCC1Cc2ccccc2O1)c1ccccc1.I. The van der Waals surface area contributed by atoms with E-state index in [4.69, 9.17) is 4.74 Å². The molecule has 0 aliphatic carbocycles. The smallest absolute Gasteiger partial charge is 0.243 e. The van der Waals surface area contributed by atoms with E-state index in [1.807, 2.05) is 36.4 Å². The number of benzene rings is 2. The summed E-state index contributed by atoms with van der Waals surface area (Å²) < 4.78 is 5.99. The standard InChI is InChI=1S/C22H28N4O2.HI/c1-16(17-9-5-4-6-10-17)25-22(24-15-21(27)26(2)3)23-14-19-13-18-11-7-8-12-20(18)28-19;/h4-12,16,19H,13-15H2,1-3H3,(H2,23,24,25);1H. The van der Waals surface area contributed by atoms with Gasteiger partial charge in [-0.3, -0.25) is 4.79 Å². The van der Waals surface area contributed by atoms with E-state index in [0.29, 0.717) is 12.5 Å². The second-order valence-corrected chi connectivity index (χ2v) is 7.16. The minimum absolute atomic E-state index is 0. The fourth-order valence-corrected chi connectivity index (χ4v) is 3.05. The van der Waals surface area contributed by atoms with Crippen LogP contribution in [0.3, 0.4) is 0 Å². The number of carbonyl (C=O) groups excluding carboxylic acids is 1. The van der Waals surface area contributed by atoms with Crippen LogP contribution in [-0.4, -0.2) is 50.1 Å². The summed E-state index contributed by atoms with van der Waals surface area (Å²) >= 11 is 0. The molecule has 0 saturated carbocycles. The zero-order valence-corrected chi connectivity index (χ0v) is 19.4. The average Bonchev–Trinajstić information content (AvgIpc) is 3.13. The van der Waals surface area contributed by atoms with Crippen LogP contribution in [0, 0.1) is 0 Å². The number of fused-ring (bicyclic) bond motifs is 1. The van der Waals surface area contributed by atoms with E-state index in [-0.39, 0.29) is 48.6 Å². The second kappa shape index (κ2) is 11.0. The molecule has 0 radical (unpaired) electrons. The number of para-hydroxylation sites is 1. The maximum absolute atomic E-state index is 12.0. The van der Waals surface area contributed by atoms with Crippen LogP contribution in [0.2, 0.25) is 0 Å². The van der Waals surface area contributed by atoms with E-state index in [1.54, 1.807) is 19.0 Å². The third kappa shape index (κ3) is 6.62. The van der Waals surface area contributed by atoms with Crippen molar-refractivity contribution < 1.29 is 9.53 Å². The number of carbonyl (C=O) groups is 1. The van der Waals surface area contributed by atoms with Crippen molar-refractivity contribution >= 4 is 35.8 Å². The fraction of sp³-hybridized carbons (Fsp3) is 0.364. The van der Waals surface area contributed by atoms with E-state index >= 15 is 0 Å². The Bertz CT molecular complexity index is 802. The monoisotopic (exact) mass is 508 g/mol. The Morgan fingerprint density at radius 2 is 1.86 bits per heavy atom. The van der Waals surface area contributed by atoms with Crippen molar-refractivity contribution in [3.05, 3.63) is 65.7 Å². The lowest BCUT2D eigenvalue weighted by Crippen LogP contribution is -2.43. The zero-order chi connectivity index (χ0) is 19.9. The number of ether oxygens (including phenoxy) is 1. The van der Waals surface area contributed by atoms with Gasteiger partial charge in [0.1, 0.15) is 18.4 Å². The first kappa shape index (κ1) is 23.0. The number of hydrogen-bond donors (Lipinski definition) is 2. The third-order valence-corrected chi connectivity index (χ3v) is 4.74. The minimum atomic E-state index is -0.0435. The molecule has 0 saturated heterocycles. The highest BCUT2D eigenvalue weighted by molar-refractivity contribution is 14.0. The van der Waals surface area contributed by atoms with Crippen LogP contribution in [0.1, 0.15) is 24.1 Å². The van der Waals surface area contributed by atoms with Gasteiger partial charge in [0.2, 0.25) is 5.91 Å². The maximum Gasteiger partial charge on any atom is 0.243 e. The Labute approximate surface area is 189 Å². The Morgan fingerprint density at radius 1 is 1.17 bits per heavy atom. The van der Waals surface area contributed by atoms with E-state index in [9.17, 15) is 4.79 Å². The van der Waals surface area contributed by atoms with Gasteiger partial charge < -0.3 is 20.3 Å². The lowest BCUT2D eigenvalue weighted by molar-refractivity contribution is -0.127. The van der Waals surface area contributed by atoms with E-state index in [0.717, 1.165) is 17.7 Å². The van der Waals surface area contributed by atoms with Crippen molar-refractivity contribution in [2.45, 2.75) is 25.5 Å². The quantitative estimate of drug-likeness (QED) is 0.358. The molecule has 2 aromatic rings. The number of aliphatic imine (C=N–C) groups is 1. The Kier molecular flexibility index (Phi) is 8.75. The van der Waals surface area contributed by atoms with Crippen LogP contribution >= 0.6 is 24.0 Å². The summed E-state index contributed by atoms with van der Waals surface area (Å²) in [5.41, 5.74) is 2.38. The summed E-state index contributed by atoms with van der Waals surface area (Å²) in [4.78, 5) is 18.0. The Morgan fingerprint density at radius 3 is 2.55 bits per heavy atom. The normalized spacial score (nSPS) is 16.1. The van der Waals surface area contributed by atoms with Gasteiger partial charge in [-0.2, -0.15) is 0 Å². The van der Waals surface area contributed by atoms with Crippen molar-refractivity contribution in [3.63, 3.8) is 0 Å². The van der Waals surface area contributed by atoms with E-state index in [2.05, 4.69) is 40.7 Å². The number of rotatable bonds is 6. The Balaban J connectivity index is 0.00000300. The number of halogens is 1. The molecule has 2 atom stereocenters. The van der Waals surface area contributed by atoms with Gasteiger partial charge in [0.15, 0.2) is 5.96 Å².